The fourth-order valence-electron chi connectivity index (χ4n) is 4.93. The van der Waals surface area contributed by atoms with E-state index in [0.717, 1.165) is 27.7 Å². The van der Waals surface area contributed by atoms with Gasteiger partial charge in [0.15, 0.2) is 0 Å². The molecule has 3 rings (SSSR count). The highest BCUT2D eigenvalue weighted by Crippen LogP contribution is 2.40. The molecule has 1 aromatic carbocycles. The molecule has 1 aliphatic heterocycles. The molecule has 2 aromatic rings. The first-order chi connectivity index (χ1) is 15.6. The predicted molar refractivity (Wildman–Crippen MR) is 135 cm³/mol. The average molecular weight is 537 g/mol. The summed E-state index contributed by atoms with van der Waals surface area (Å²) in [7, 11) is 0. The molecular weight excluding hydrogens is 506 g/mol. The number of nitrogens with one attached hydrogen (secondary N) is 1. The third-order valence-corrected chi connectivity index (χ3v) is 7.95. The molecule has 3 atom stereocenters. The van der Waals surface area contributed by atoms with E-state index in [2.05, 4.69) is 31.1 Å². The molecule has 1 aromatic heterocycles. The van der Waals surface area contributed by atoms with Crippen molar-refractivity contribution in [2.24, 2.45) is 17.6 Å². The van der Waals surface area contributed by atoms with Crippen molar-refractivity contribution in [2.75, 3.05) is 18.8 Å². The topological polar surface area (TPSA) is 114 Å². The second kappa shape index (κ2) is 10.4. The van der Waals surface area contributed by atoms with Gasteiger partial charge in [-0.3, -0.25) is 14.5 Å². The van der Waals surface area contributed by atoms with Crippen molar-refractivity contribution >= 4 is 45.2 Å². The van der Waals surface area contributed by atoms with Crippen LogP contribution in [0.5, 0.6) is 0 Å². The number of nitrogens with two attached hydrogens (primary N) is 2. The number of likely N-dealkylation sites (N-methyl/N-ethyl adjacent to an activating group) is 1. The van der Waals surface area contributed by atoms with E-state index in [-0.39, 0.29) is 11.8 Å². The third-order valence-electron chi connectivity index (χ3n) is 6.74. The van der Waals surface area contributed by atoms with Gasteiger partial charge in [0.25, 0.3) is 0 Å². The summed E-state index contributed by atoms with van der Waals surface area (Å²) in [5.74, 6) is -0.661. The molecule has 0 radical (unpaired) electrons. The second-order valence-corrected chi connectivity index (χ2v) is 10.0. The number of pyridine rings is 1. The number of aryl methyl sites for hydroxylation is 1. The third kappa shape index (κ3) is 5.34. The van der Waals surface area contributed by atoms with Gasteiger partial charge < -0.3 is 16.8 Å². The summed E-state index contributed by atoms with van der Waals surface area (Å²) < 4.78 is 0.841. The number of aromatic nitrogens is 1. The summed E-state index contributed by atoms with van der Waals surface area (Å²) in [6, 6.07) is 9.41. The first-order valence-electron chi connectivity index (χ1n) is 11.1. The quantitative estimate of drug-likeness (QED) is 0.478. The summed E-state index contributed by atoms with van der Waals surface area (Å²) in [6.07, 6.45) is 1.29. The van der Waals surface area contributed by atoms with Crippen LogP contribution in [-0.4, -0.2) is 40.3 Å². The van der Waals surface area contributed by atoms with E-state index in [1.54, 1.807) is 13.0 Å². The lowest BCUT2D eigenvalue weighted by molar-refractivity contribution is -0.140. The molecule has 33 heavy (non-hydrogen) atoms. The number of hydrogen-bond donors (Lipinski definition) is 3. The van der Waals surface area contributed by atoms with Crippen molar-refractivity contribution in [2.45, 2.75) is 45.7 Å². The highest BCUT2D eigenvalue weighted by atomic mass is 79.9. The van der Waals surface area contributed by atoms with Crippen molar-refractivity contribution in [1.82, 2.24) is 15.2 Å². The first-order valence-corrected chi connectivity index (χ1v) is 12.2. The van der Waals surface area contributed by atoms with E-state index in [4.69, 9.17) is 23.1 Å². The van der Waals surface area contributed by atoms with Crippen molar-refractivity contribution in [3.63, 3.8) is 0 Å². The lowest BCUT2D eigenvalue weighted by Gasteiger charge is -2.39. The molecule has 1 aliphatic rings. The van der Waals surface area contributed by atoms with E-state index >= 15 is 0 Å². The zero-order chi connectivity index (χ0) is 24.3. The Kier molecular flexibility index (Phi) is 8.03. The normalized spacial score (nSPS) is 21.7. The van der Waals surface area contributed by atoms with Crippen molar-refractivity contribution < 1.29 is 9.59 Å². The fraction of sp³-hybridized carbons (Fsp3) is 0.458. The van der Waals surface area contributed by atoms with Crippen LogP contribution in [0.2, 0.25) is 5.02 Å². The van der Waals surface area contributed by atoms with Gasteiger partial charge in [0.05, 0.1) is 10.9 Å². The SMILES string of the molecule is CCN1CC(Cc2ccc(Cl)c(Br)c2)CC1(C(N)=O)[C@H](C)C(=O)NCc1ccc(N)nc1C. The number of benzene rings is 1. The van der Waals surface area contributed by atoms with Gasteiger partial charge in [0, 0.05) is 23.3 Å². The summed E-state index contributed by atoms with van der Waals surface area (Å²) >= 11 is 9.60. The highest BCUT2D eigenvalue weighted by molar-refractivity contribution is 9.10. The number of nitrogens with zero attached hydrogens (tertiary/aromatic N) is 2. The standard InChI is InChI=1S/C24H31BrClN5O2/c1-4-31-13-17(9-16-5-7-20(26)19(25)10-16)11-24(31,23(28)33)14(2)22(32)29-12-18-6-8-21(27)30-15(18)3/h5-8,10,14,17H,4,9,11-13H2,1-3H3,(H2,27,30)(H2,28,33)(H,29,32)/t14-,17?,24?/m1/s1. The number of carbonyl (C=O) groups excluding carboxylic acids is 2. The molecule has 9 heteroatoms. The number of primary amides is 1. The fourth-order valence-corrected chi connectivity index (χ4v) is 5.47. The predicted octanol–water partition coefficient (Wildman–Crippen LogP) is 3.45. The van der Waals surface area contributed by atoms with Crippen molar-refractivity contribution in [3.05, 3.63) is 56.6 Å². The number of likely N-dealkylation sites (tertiary alicyclic amines) is 1. The largest absolute Gasteiger partial charge is 0.384 e. The maximum absolute atomic E-state index is 13.2. The molecule has 2 heterocycles. The zero-order valence-corrected chi connectivity index (χ0v) is 21.5. The molecule has 5 N–H and O–H groups in total. The van der Waals surface area contributed by atoms with Gasteiger partial charge in [-0.15, -0.1) is 0 Å². The van der Waals surface area contributed by atoms with Gasteiger partial charge in [0.1, 0.15) is 11.4 Å². The number of hydrogen-bond acceptors (Lipinski definition) is 5. The summed E-state index contributed by atoms with van der Waals surface area (Å²) in [6.45, 7) is 7.26. The van der Waals surface area contributed by atoms with Crippen LogP contribution in [-0.2, 0) is 22.6 Å². The van der Waals surface area contributed by atoms with Gasteiger partial charge in [-0.2, -0.15) is 0 Å². The van der Waals surface area contributed by atoms with E-state index in [0.29, 0.717) is 36.9 Å². The molecule has 2 unspecified atom stereocenters. The molecule has 2 amide bonds. The lowest BCUT2D eigenvalue weighted by Crippen LogP contribution is -2.61. The van der Waals surface area contributed by atoms with Crippen LogP contribution in [0.1, 0.15) is 37.1 Å². The second-order valence-electron chi connectivity index (χ2n) is 8.77. The van der Waals surface area contributed by atoms with E-state index in [1.807, 2.05) is 38.1 Å². The smallest absolute Gasteiger partial charge is 0.238 e. The van der Waals surface area contributed by atoms with Gasteiger partial charge in [-0.1, -0.05) is 37.6 Å². The minimum atomic E-state index is -1.04. The summed E-state index contributed by atoms with van der Waals surface area (Å²) in [4.78, 5) is 32.3. The maximum atomic E-state index is 13.2. The molecule has 178 valence electrons. The molecule has 1 fully saturated rings. The van der Waals surface area contributed by atoms with Gasteiger partial charge >= 0.3 is 0 Å². The minimum Gasteiger partial charge on any atom is -0.384 e. The number of rotatable bonds is 8. The molecule has 7 nitrogen and oxygen atoms in total. The number of nitrogen functional groups attached to an aromatic ring is 1. The Morgan fingerprint density at radius 2 is 2.09 bits per heavy atom. The Morgan fingerprint density at radius 1 is 1.36 bits per heavy atom. The van der Waals surface area contributed by atoms with Gasteiger partial charge in [-0.25, -0.2) is 4.98 Å². The molecule has 0 aliphatic carbocycles. The summed E-state index contributed by atoms with van der Waals surface area (Å²) in [5, 5.41) is 3.62. The van der Waals surface area contributed by atoms with Gasteiger partial charge in [-0.05, 0) is 77.5 Å². The Balaban J connectivity index is 1.77. The van der Waals surface area contributed by atoms with Crippen LogP contribution in [0.4, 0.5) is 5.82 Å². The average Bonchev–Trinajstić information content (AvgIpc) is 3.14. The Labute approximate surface area is 208 Å². The van der Waals surface area contributed by atoms with E-state index < -0.39 is 17.4 Å². The highest BCUT2D eigenvalue weighted by Gasteiger charge is 2.54. The number of amides is 2. The monoisotopic (exact) mass is 535 g/mol. The zero-order valence-electron chi connectivity index (χ0n) is 19.2. The van der Waals surface area contributed by atoms with Crippen LogP contribution >= 0.6 is 27.5 Å². The Bertz CT molecular complexity index is 1050. The summed E-state index contributed by atoms with van der Waals surface area (Å²) in [5.41, 5.74) is 13.4. The Hall–Kier alpha value is -2.16. The number of carbonyl (C=O) groups is 2. The van der Waals surface area contributed by atoms with Crippen LogP contribution in [0.3, 0.4) is 0 Å². The molecule has 0 saturated carbocycles. The van der Waals surface area contributed by atoms with Crippen LogP contribution < -0.4 is 16.8 Å². The number of halogens is 2. The van der Waals surface area contributed by atoms with Crippen LogP contribution in [0.15, 0.2) is 34.8 Å². The molecular formula is C24H31BrClN5O2. The van der Waals surface area contributed by atoms with Crippen LogP contribution in [0.25, 0.3) is 0 Å². The van der Waals surface area contributed by atoms with Gasteiger partial charge in [0.2, 0.25) is 11.8 Å². The minimum absolute atomic E-state index is 0.185. The molecule has 0 bridgehead atoms. The van der Waals surface area contributed by atoms with E-state index in [9.17, 15) is 9.59 Å². The lowest BCUT2D eigenvalue weighted by atomic mass is 9.78. The molecule has 0 spiro atoms. The Morgan fingerprint density at radius 3 is 2.70 bits per heavy atom. The van der Waals surface area contributed by atoms with Crippen molar-refractivity contribution in [3.8, 4) is 0 Å². The van der Waals surface area contributed by atoms with E-state index in [1.165, 1.54) is 0 Å². The molecule has 1 saturated heterocycles. The van der Waals surface area contributed by atoms with Crippen LogP contribution in [0, 0.1) is 18.8 Å². The van der Waals surface area contributed by atoms with Crippen molar-refractivity contribution in [1.29, 1.82) is 0 Å². The first kappa shape index (κ1) is 25.5. The number of anilines is 1. The maximum Gasteiger partial charge on any atom is 0.238 e.